The lowest BCUT2D eigenvalue weighted by Crippen LogP contribution is -2.13. The Morgan fingerprint density at radius 3 is 2.57 bits per heavy atom. The number of hydrogen-bond donors (Lipinski definition) is 1. The molecule has 0 bridgehead atoms. The van der Waals surface area contributed by atoms with Gasteiger partial charge in [0.15, 0.2) is 0 Å². The van der Waals surface area contributed by atoms with Gasteiger partial charge in [-0.2, -0.15) is 0 Å². The number of benzene rings is 2. The topological polar surface area (TPSA) is 42.0 Å². The summed E-state index contributed by atoms with van der Waals surface area (Å²) >= 11 is 15.7. The second kappa shape index (κ2) is 6.48. The molecule has 1 aromatic heterocycles. The van der Waals surface area contributed by atoms with Crippen molar-refractivity contribution in [1.82, 2.24) is 4.98 Å². The van der Waals surface area contributed by atoms with Crippen molar-refractivity contribution in [2.24, 2.45) is 0 Å². The first-order valence-corrected chi connectivity index (χ1v) is 8.32. The highest BCUT2D eigenvalue weighted by Gasteiger charge is 2.16. The molecule has 0 aliphatic rings. The van der Waals surface area contributed by atoms with Crippen LogP contribution in [0.25, 0.3) is 10.9 Å². The molecule has 3 rings (SSSR count). The van der Waals surface area contributed by atoms with E-state index in [2.05, 4.69) is 26.2 Å². The van der Waals surface area contributed by atoms with E-state index in [0.717, 1.165) is 15.4 Å². The van der Waals surface area contributed by atoms with Gasteiger partial charge in [0, 0.05) is 16.1 Å². The molecule has 3 nitrogen and oxygen atoms in total. The van der Waals surface area contributed by atoms with Crippen LogP contribution in [0.4, 0.5) is 5.69 Å². The molecule has 0 saturated heterocycles. The summed E-state index contributed by atoms with van der Waals surface area (Å²) in [5, 5.41) is 4.37. The van der Waals surface area contributed by atoms with Crippen LogP contribution in [0.3, 0.4) is 0 Å². The molecule has 0 fully saturated rings. The monoisotopic (exact) mass is 408 g/mol. The number of rotatable bonds is 2. The number of halogens is 3. The number of aromatic nitrogens is 1. The number of pyridine rings is 1. The van der Waals surface area contributed by atoms with E-state index >= 15 is 0 Å². The molecular weight excluding hydrogens is 399 g/mol. The van der Waals surface area contributed by atoms with E-state index in [1.807, 2.05) is 19.1 Å². The number of hydrogen-bond acceptors (Lipinski definition) is 2. The number of aryl methyl sites for hydroxylation is 1. The van der Waals surface area contributed by atoms with Crippen molar-refractivity contribution in [3.05, 3.63) is 68.2 Å². The summed E-state index contributed by atoms with van der Waals surface area (Å²) in [6, 6.07) is 10.6. The summed E-state index contributed by atoms with van der Waals surface area (Å²) in [4.78, 5) is 17.0. The Balaban J connectivity index is 2.05. The Morgan fingerprint density at radius 1 is 1.17 bits per heavy atom. The quantitative estimate of drug-likeness (QED) is 0.575. The van der Waals surface area contributed by atoms with Gasteiger partial charge in [0.05, 0.1) is 26.8 Å². The Kier molecular flexibility index (Phi) is 4.57. The maximum atomic E-state index is 12.5. The molecule has 0 aliphatic carbocycles. The van der Waals surface area contributed by atoms with E-state index in [1.54, 1.807) is 30.5 Å². The van der Waals surface area contributed by atoms with Gasteiger partial charge >= 0.3 is 0 Å². The molecule has 0 radical (unpaired) electrons. The first-order valence-electron chi connectivity index (χ1n) is 6.77. The van der Waals surface area contributed by atoms with Gasteiger partial charge in [-0.05, 0) is 42.8 Å². The zero-order chi connectivity index (χ0) is 16.6. The van der Waals surface area contributed by atoms with Crippen molar-refractivity contribution in [1.29, 1.82) is 0 Å². The number of carbonyl (C=O) groups excluding carboxylic acids is 1. The van der Waals surface area contributed by atoms with Gasteiger partial charge in [0.2, 0.25) is 0 Å². The van der Waals surface area contributed by atoms with E-state index in [1.165, 1.54) is 0 Å². The van der Waals surface area contributed by atoms with Gasteiger partial charge < -0.3 is 5.32 Å². The van der Waals surface area contributed by atoms with Crippen LogP contribution in [-0.4, -0.2) is 10.9 Å². The van der Waals surface area contributed by atoms with Crippen LogP contribution < -0.4 is 5.32 Å². The maximum Gasteiger partial charge on any atom is 0.258 e. The van der Waals surface area contributed by atoms with Crippen LogP contribution in [0, 0.1) is 6.92 Å². The predicted molar refractivity (Wildman–Crippen MR) is 98.6 cm³/mol. The van der Waals surface area contributed by atoms with Gasteiger partial charge in [-0.25, -0.2) is 0 Å². The Bertz CT molecular complexity index is 908. The standard InChI is InChI=1S/C17H11BrCl2N2O/c1-9-7-10-11(18)5-6-14(16(10)21-8-9)22-17(23)15-12(19)3-2-4-13(15)20/h2-8H,1H3,(H,22,23). The first-order chi connectivity index (χ1) is 11.0. The highest BCUT2D eigenvalue weighted by atomic mass is 79.9. The third kappa shape index (κ3) is 3.20. The molecule has 0 aliphatic heterocycles. The highest BCUT2D eigenvalue weighted by molar-refractivity contribution is 9.10. The predicted octanol–water partition coefficient (Wildman–Crippen LogP) is 5.86. The van der Waals surface area contributed by atoms with Crippen LogP contribution in [0.5, 0.6) is 0 Å². The average Bonchev–Trinajstić information content (AvgIpc) is 2.50. The van der Waals surface area contributed by atoms with Gasteiger partial charge in [0.1, 0.15) is 0 Å². The second-order valence-corrected chi connectivity index (χ2v) is 6.72. The first kappa shape index (κ1) is 16.2. The van der Waals surface area contributed by atoms with Crippen LogP contribution in [0.1, 0.15) is 15.9 Å². The highest BCUT2D eigenvalue weighted by Crippen LogP contribution is 2.31. The number of amides is 1. The summed E-state index contributed by atoms with van der Waals surface area (Å²) < 4.78 is 0.914. The average molecular weight is 410 g/mol. The molecule has 1 heterocycles. The van der Waals surface area contributed by atoms with Crippen LogP contribution in [0.2, 0.25) is 10.0 Å². The van der Waals surface area contributed by atoms with E-state index in [-0.39, 0.29) is 11.5 Å². The zero-order valence-electron chi connectivity index (χ0n) is 12.0. The van der Waals surface area contributed by atoms with Gasteiger partial charge in [-0.1, -0.05) is 45.2 Å². The van der Waals surface area contributed by atoms with Crippen molar-refractivity contribution < 1.29 is 4.79 Å². The van der Waals surface area contributed by atoms with Crippen LogP contribution in [0.15, 0.2) is 47.1 Å². The molecule has 0 atom stereocenters. The SMILES string of the molecule is Cc1cnc2c(NC(=O)c3c(Cl)cccc3Cl)ccc(Br)c2c1. The molecule has 2 aromatic carbocycles. The molecule has 0 unspecified atom stereocenters. The molecule has 116 valence electrons. The van der Waals surface area contributed by atoms with Crippen LogP contribution >= 0.6 is 39.1 Å². The fourth-order valence-electron chi connectivity index (χ4n) is 2.29. The number of nitrogens with one attached hydrogen (secondary N) is 1. The Morgan fingerprint density at radius 2 is 1.87 bits per heavy atom. The Labute approximate surface area is 151 Å². The summed E-state index contributed by atoms with van der Waals surface area (Å²) in [5.41, 5.74) is 2.58. The number of fused-ring (bicyclic) bond motifs is 1. The molecule has 3 aromatic rings. The summed E-state index contributed by atoms with van der Waals surface area (Å²) in [7, 11) is 0. The van der Waals surface area contributed by atoms with Crippen molar-refractivity contribution in [2.75, 3.05) is 5.32 Å². The van der Waals surface area contributed by atoms with E-state index in [0.29, 0.717) is 21.2 Å². The molecule has 1 amide bonds. The molecular formula is C17H11BrCl2N2O. The number of nitrogens with zero attached hydrogens (tertiary/aromatic N) is 1. The van der Waals surface area contributed by atoms with E-state index < -0.39 is 0 Å². The summed E-state index contributed by atoms with van der Waals surface area (Å²) in [6.45, 7) is 1.97. The van der Waals surface area contributed by atoms with E-state index in [4.69, 9.17) is 23.2 Å². The van der Waals surface area contributed by atoms with Crippen molar-refractivity contribution in [3.63, 3.8) is 0 Å². The minimum absolute atomic E-state index is 0.249. The minimum atomic E-state index is -0.369. The summed E-state index contributed by atoms with van der Waals surface area (Å²) in [5.74, 6) is -0.369. The molecule has 0 saturated carbocycles. The lowest BCUT2D eigenvalue weighted by atomic mass is 10.1. The minimum Gasteiger partial charge on any atom is -0.320 e. The van der Waals surface area contributed by atoms with Crippen LogP contribution in [-0.2, 0) is 0 Å². The fourth-order valence-corrected chi connectivity index (χ4v) is 3.30. The largest absolute Gasteiger partial charge is 0.320 e. The zero-order valence-corrected chi connectivity index (χ0v) is 15.1. The molecule has 0 spiro atoms. The number of carbonyl (C=O) groups is 1. The van der Waals surface area contributed by atoms with Crippen molar-refractivity contribution in [3.8, 4) is 0 Å². The lowest BCUT2D eigenvalue weighted by molar-refractivity contribution is 0.102. The van der Waals surface area contributed by atoms with Gasteiger partial charge in [0.25, 0.3) is 5.91 Å². The normalized spacial score (nSPS) is 10.8. The van der Waals surface area contributed by atoms with Crippen molar-refractivity contribution in [2.45, 2.75) is 6.92 Å². The smallest absolute Gasteiger partial charge is 0.258 e. The second-order valence-electron chi connectivity index (χ2n) is 5.05. The lowest BCUT2D eigenvalue weighted by Gasteiger charge is -2.11. The fraction of sp³-hybridized carbons (Fsp3) is 0.0588. The third-order valence-corrected chi connectivity index (χ3v) is 4.69. The third-order valence-electron chi connectivity index (χ3n) is 3.37. The van der Waals surface area contributed by atoms with Gasteiger partial charge in [-0.3, -0.25) is 9.78 Å². The molecule has 6 heteroatoms. The number of anilines is 1. The van der Waals surface area contributed by atoms with E-state index in [9.17, 15) is 4.79 Å². The summed E-state index contributed by atoms with van der Waals surface area (Å²) in [6.07, 6.45) is 1.76. The van der Waals surface area contributed by atoms with Gasteiger partial charge in [-0.15, -0.1) is 0 Å². The Hall–Kier alpha value is -1.62. The molecule has 1 N–H and O–H groups in total. The molecule has 23 heavy (non-hydrogen) atoms. The van der Waals surface area contributed by atoms with Crippen molar-refractivity contribution >= 4 is 61.6 Å². The maximum absolute atomic E-state index is 12.5.